The van der Waals surface area contributed by atoms with Gasteiger partial charge in [-0.25, -0.2) is 4.39 Å². The summed E-state index contributed by atoms with van der Waals surface area (Å²) in [5, 5.41) is 3.92. The van der Waals surface area contributed by atoms with Crippen LogP contribution in [0.1, 0.15) is 5.56 Å². The highest BCUT2D eigenvalue weighted by Gasteiger charge is 1.96. The number of halogens is 2. The van der Waals surface area contributed by atoms with Gasteiger partial charge in [0, 0.05) is 17.3 Å². The maximum absolute atomic E-state index is 12.9. The molecule has 2 rings (SSSR count). The van der Waals surface area contributed by atoms with E-state index in [1.165, 1.54) is 17.7 Å². The summed E-state index contributed by atoms with van der Waals surface area (Å²) in [6.07, 6.45) is 0.883. The first-order valence-electron chi connectivity index (χ1n) is 5.48. The summed E-state index contributed by atoms with van der Waals surface area (Å²) in [5.41, 5.74) is 2.01. The first-order valence-corrected chi connectivity index (χ1v) is 5.86. The molecular formula is C14H13ClFN. The highest BCUT2D eigenvalue weighted by Crippen LogP contribution is 2.11. The van der Waals surface area contributed by atoms with Crippen molar-refractivity contribution in [2.45, 2.75) is 6.42 Å². The largest absolute Gasteiger partial charge is 0.385 e. The summed E-state index contributed by atoms with van der Waals surface area (Å²) in [4.78, 5) is 0. The molecule has 1 nitrogen and oxygen atoms in total. The van der Waals surface area contributed by atoms with E-state index in [9.17, 15) is 4.39 Å². The SMILES string of the molecule is Fc1cccc(NCCc2ccc(Cl)cc2)c1. The van der Waals surface area contributed by atoms with Crippen LogP contribution in [0, 0.1) is 5.82 Å². The number of nitrogens with one attached hydrogen (secondary N) is 1. The quantitative estimate of drug-likeness (QED) is 0.859. The van der Waals surface area contributed by atoms with Gasteiger partial charge < -0.3 is 5.32 Å². The first kappa shape index (κ1) is 11.9. The van der Waals surface area contributed by atoms with E-state index in [-0.39, 0.29) is 5.82 Å². The summed E-state index contributed by atoms with van der Waals surface area (Å²) in [5.74, 6) is -0.221. The summed E-state index contributed by atoms with van der Waals surface area (Å²) >= 11 is 5.80. The van der Waals surface area contributed by atoms with Crippen LogP contribution in [-0.2, 0) is 6.42 Å². The third-order valence-electron chi connectivity index (χ3n) is 2.48. The Kier molecular flexibility index (Phi) is 3.99. The van der Waals surface area contributed by atoms with E-state index in [1.807, 2.05) is 30.3 Å². The second-order valence-electron chi connectivity index (χ2n) is 3.81. The van der Waals surface area contributed by atoms with E-state index >= 15 is 0 Å². The van der Waals surface area contributed by atoms with Crippen LogP contribution in [0.2, 0.25) is 5.02 Å². The fraction of sp³-hybridized carbons (Fsp3) is 0.143. The molecule has 0 aliphatic rings. The predicted molar refractivity (Wildman–Crippen MR) is 70.0 cm³/mol. The molecule has 0 aromatic heterocycles. The average molecular weight is 250 g/mol. The van der Waals surface area contributed by atoms with Crippen LogP contribution in [0.3, 0.4) is 0 Å². The van der Waals surface area contributed by atoms with Crippen molar-refractivity contribution in [2.75, 3.05) is 11.9 Å². The second-order valence-corrected chi connectivity index (χ2v) is 4.25. The molecule has 0 fully saturated rings. The van der Waals surface area contributed by atoms with Crippen LogP contribution in [0.15, 0.2) is 48.5 Å². The molecule has 0 saturated heterocycles. The Morgan fingerprint density at radius 1 is 1.06 bits per heavy atom. The summed E-state index contributed by atoms with van der Waals surface area (Å²) in [6.45, 7) is 0.769. The Labute approximate surface area is 105 Å². The summed E-state index contributed by atoms with van der Waals surface area (Å²) < 4.78 is 12.9. The topological polar surface area (TPSA) is 12.0 Å². The third kappa shape index (κ3) is 3.75. The van der Waals surface area contributed by atoms with Crippen LogP contribution in [0.5, 0.6) is 0 Å². The number of benzene rings is 2. The fourth-order valence-electron chi connectivity index (χ4n) is 1.60. The van der Waals surface area contributed by atoms with Crippen LogP contribution in [-0.4, -0.2) is 6.54 Å². The van der Waals surface area contributed by atoms with Crippen molar-refractivity contribution < 1.29 is 4.39 Å². The molecule has 88 valence electrons. The summed E-state index contributed by atoms with van der Waals surface area (Å²) in [7, 11) is 0. The maximum Gasteiger partial charge on any atom is 0.125 e. The van der Waals surface area contributed by atoms with Crippen molar-refractivity contribution >= 4 is 17.3 Å². The van der Waals surface area contributed by atoms with Crippen molar-refractivity contribution in [3.63, 3.8) is 0 Å². The van der Waals surface area contributed by atoms with E-state index in [0.29, 0.717) is 0 Å². The highest BCUT2D eigenvalue weighted by molar-refractivity contribution is 6.30. The van der Waals surface area contributed by atoms with Gasteiger partial charge in [0.2, 0.25) is 0 Å². The van der Waals surface area contributed by atoms with E-state index in [2.05, 4.69) is 5.32 Å². The highest BCUT2D eigenvalue weighted by atomic mass is 35.5. The van der Waals surface area contributed by atoms with Crippen molar-refractivity contribution in [1.29, 1.82) is 0 Å². The average Bonchev–Trinajstić information content (AvgIpc) is 2.32. The van der Waals surface area contributed by atoms with Crippen molar-refractivity contribution in [1.82, 2.24) is 0 Å². The Bertz CT molecular complexity index is 482. The maximum atomic E-state index is 12.9. The molecule has 3 heteroatoms. The molecule has 17 heavy (non-hydrogen) atoms. The molecular weight excluding hydrogens is 237 g/mol. The number of hydrogen-bond donors (Lipinski definition) is 1. The van der Waals surface area contributed by atoms with Crippen molar-refractivity contribution in [2.24, 2.45) is 0 Å². The van der Waals surface area contributed by atoms with E-state index in [1.54, 1.807) is 6.07 Å². The normalized spacial score (nSPS) is 10.2. The number of hydrogen-bond acceptors (Lipinski definition) is 1. The van der Waals surface area contributed by atoms with Gasteiger partial charge >= 0.3 is 0 Å². The molecule has 2 aromatic rings. The summed E-state index contributed by atoms with van der Waals surface area (Å²) in [6, 6.07) is 14.2. The zero-order chi connectivity index (χ0) is 12.1. The van der Waals surface area contributed by atoms with Gasteiger partial charge in [0.15, 0.2) is 0 Å². The van der Waals surface area contributed by atoms with E-state index in [4.69, 9.17) is 11.6 Å². The van der Waals surface area contributed by atoms with Gasteiger partial charge in [0.05, 0.1) is 0 Å². The molecule has 0 unspecified atom stereocenters. The standard InChI is InChI=1S/C14H13ClFN/c15-12-6-4-11(5-7-12)8-9-17-14-3-1-2-13(16)10-14/h1-7,10,17H,8-9H2. The molecule has 0 aliphatic heterocycles. The van der Waals surface area contributed by atoms with Crippen LogP contribution in [0.25, 0.3) is 0 Å². The Morgan fingerprint density at radius 3 is 2.53 bits per heavy atom. The Morgan fingerprint density at radius 2 is 1.82 bits per heavy atom. The molecule has 0 amide bonds. The minimum absolute atomic E-state index is 0.221. The monoisotopic (exact) mass is 249 g/mol. The minimum Gasteiger partial charge on any atom is -0.385 e. The van der Waals surface area contributed by atoms with Gasteiger partial charge in [0.25, 0.3) is 0 Å². The van der Waals surface area contributed by atoms with Crippen LogP contribution < -0.4 is 5.32 Å². The third-order valence-corrected chi connectivity index (χ3v) is 2.73. The Balaban J connectivity index is 1.85. The minimum atomic E-state index is -0.221. The zero-order valence-corrected chi connectivity index (χ0v) is 10.0. The second kappa shape index (κ2) is 5.69. The van der Waals surface area contributed by atoms with Gasteiger partial charge in [-0.2, -0.15) is 0 Å². The molecule has 0 aliphatic carbocycles. The lowest BCUT2D eigenvalue weighted by atomic mass is 10.1. The molecule has 0 atom stereocenters. The molecule has 2 aromatic carbocycles. The number of anilines is 1. The molecule has 0 radical (unpaired) electrons. The lowest BCUT2D eigenvalue weighted by Crippen LogP contribution is -2.04. The predicted octanol–water partition coefficient (Wildman–Crippen LogP) is 4.13. The fourth-order valence-corrected chi connectivity index (χ4v) is 1.73. The van der Waals surface area contributed by atoms with Crippen molar-refractivity contribution in [3.05, 3.63) is 64.9 Å². The lowest BCUT2D eigenvalue weighted by molar-refractivity contribution is 0.628. The molecule has 0 bridgehead atoms. The van der Waals surface area contributed by atoms with Gasteiger partial charge in [-0.05, 0) is 42.3 Å². The Hall–Kier alpha value is -1.54. The lowest BCUT2D eigenvalue weighted by Gasteiger charge is -2.06. The van der Waals surface area contributed by atoms with Gasteiger partial charge in [-0.1, -0.05) is 29.8 Å². The molecule has 0 saturated carbocycles. The molecule has 1 N–H and O–H groups in total. The van der Waals surface area contributed by atoms with Crippen LogP contribution in [0.4, 0.5) is 10.1 Å². The smallest absolute Gasteiger partial charge is 0.125 e. The van der Waals surface area contributed by atoms with Crippen molar-refractivity contribution in [3.8, 4) is 0 Å². The van der Waals surface area contributed by atoms with Gasteiger partial charge in [-0.3, -0.25) is 0 Å². The van der Waals surface area contributed by atoms with E-state index in [0.717, 1.165) is 23.7 Å². The van der Waals surface area contributed by atoms with Crippen LogP contribution >= 0.6 is 11.6 Å². The molecule has 0 heterocycles. The first-order chi connectivity index (χ1) is 8.24. The van der Waals surface area contributed by atoms with Gasteiger partial charge in [0.1, 0.15) is 5.82 Å². The number of rotatable bonds is 4. The zero-order valence-electron chi connectivity index (χ0n) is 9.29. The molecule has 0 spiro atoms. The van der Waals surface area contributed by atoms with Gasteiger partial charge in [-0.15, -0.1) is 0 Å². The van der Waals surface area contributed by atoms with E-state index < -0.39 is 0 Å².